The second-order valence-electron chi connectivity index (χ2n) is 8.65. The molecule has 13 heteroatoms. The van der Waals surface area contributed by atoms with Crippen molar-refractivity contribution in [2.75, 3.05) is 17.7 Å². The van der Waals surface area contributed by atoms with E-state index < -0.39 is 23.4 Å². The highest BCUT2D eigenvalue weighted by Crippen LogP contribution is 2.41. The summed E-state index contributed by atoms with van der Waals surface area (Å²) in [5, 5.41) is 15.7. The van der Waals surface area contributed by atoms with Crippen molar-refractivity contribution in [1.29, 1.82) is 0 Å². The van der Waals surface area contributed by atoms with Gasteiger partial charge in [0.1, 0.15) is 5.54 Å². The number of nitrogens with one attached hydrogen (secondary N) is 4. The molecule has 4 aromatic rings. The smallest absolute Gasteiger partial charge is 0.407 e. The molecule has 4 N–H and O–H groups in total. The molecule has 1 saturated carbocycles. The molecule has 0 radical (unpaired) electrons. The fraction of sp³-hybridized carbons (Fsp3) is 0.318. The van der Waals surface area contributed by atoms with E-state index in [0.717, 1.165) is 0 Å². The quantitative estimate of drug-likeness (QED) is 0.316. The molecule has 0 saturated heterocycles. The predicted molar refractivity (Wildman–Crippen MR) is 128 cm³/mol. The lowest BCUT2D eigenvalue weighted by Crippen LogP contribution is -2.46. The van der Waals surface area contributed by atoms with Crippen molar-refractivity contribution in [1.82, 2.24) is 29.9 Å². The number of hydrogen-bond acceptors (Lipinski definition) is 7. The lowest BCUT2D eigenvalue weighted by Gasteiger charge is -2.15. The van der Waals surface area contributed by atoms with Crippen molar-refractivity contribution in [2.45, 2.75) is 38.3 Å². The Balaban J connectivity index is 1.49. The molecule has 1 aliphatic rings. The third-order valence-corrected chi connectivity index (χ3v) is 6.13. The first-order chi connectivity index (χ1) is 16.7. The number of ether oxygens (including phenoxy) is 1. The summed E-state index contributed by atoms with van der Waals surface area (Å²) in [5.41, 5.74) is 0.935. The van der Waals surface area contributed by atoms with Crippen LogP contribution in [0.15, 0.2) is 24.8 Å². The molecule has 1 aliphatic carbocycles. The standard InChI is InChI=1S/C22H22ClFN8O3/c1-10(2)27-19-17(24)16(23)15(11-6-26-31-18(11)19)12-8-32-9-13(28-14(32)7-25-12)29-20(33)22(4-5-22)30-21(34)35-3/h6-10,27H,4-5H2,1-3H3,(H,26,31)(H,29,33)(H,30,34). The van der Waals surface area contributed by atoms with Crippen LogP contribution >= 0.6 is 11.6 Å². The number of rotatable bonds is 6. The molecule has 2 amide bonds. The Bertz CT molecular complexity index is 1480. The molecule has 3 heterocycles. The Morgan fingerprint density at radius 2 is 2.06 bits per heavy atom. The average Bonchev–Trinajstić information content (AvgIpc) is 3.25. The third kappa shape index (κ3) is 3.99. The fourth-order valence-electron chi connectivity index (χ4n) is 3.89. The number of imidazole rings is 1. The highest BCUT2D eigenvalue weighted by atomic mass is 35.5. The SMILES string of the molecule is COC(=O)NC1(C(=O)Nc2cn3cc(-c4c(Cl)c(F)c(NC(C)C)c5[nH]ncc45)ncc3n2)CC1. The van der Waals surface area contributed by atoms with Gasteiger partial charge in [0, 0.05) is 23.2 Å². The monoisotopic (exact) mass is 500 g/mol. The van der Waals surface area contributed by atoms with Gasteiger partial charge < -0.3 is 25.1 Å². The van der Waals surface area contributed by atoms with Gasteiger partial charge in [-0.2, -0.15) is 5.10 Å². The van der Waals surface area contributed by atoms with Gasteiger partial charge in [-0.3, -0.25) is 14.9 Å². The highest BCUT2D eigenvalue weighted by Gasteiger charge is 2.51. The molecule has 1 aromatic carbocycles. The molecular weight excluding hydrogens is 479 g/mol. The summed E-state index contributed by atoms with van der Waals surface area (Å²) < 4.78 is 21.5. The number of aromatic nitrogens is 5. The van der Waals surface area contributed by atoms with Crippen molar-refractivity contribution < 1.29 is 18.7 Å². The van der Waals surface area contributed by atoms with E-state index >= 15 is 4.39 Å². The van der Waals surface area contributed by atoms with Gasteiger partial charge in [0.2, 0.25) is 0 Å². The topological polar surface area (TPSA) is 138 Å². The van der Waals surface area contributed by atoms with Crippen LogP contribution in [-0.2, 0) is 9.53 Å². The maximum Gasteiger partial charge on any atom is 0.407 e. The molecule has 182 valence electrons. The summed E-state index contributed by atoms with van der Waals surface area (Å²) in [6.07, 6.45) is 6.62. The van der Waals surface area contributed by atoms with E-state index in [0.29, 0.717) is 40.6 Å². The van der Waals surface area contributed by atoms with Crippen LogP contribution in [0, 0.1) is 5.82 Å². The Hall–Kier alpha value is -3.93. The number of amides is 2. The van der Waals surface area contributed by atoms with Crippen molar-refractivity contribution in [3.63, 3.8) is 0 Å². The summed E-state index contributed by atoms with van der Waals surface area (Å²) in [7, 11) is 1.24. The molecule has 0 bridgehead atoms. The largest absolute Gasteiger partial charge is 0.453 e. The van der Waals surface area contributed by atoms with Gasteiger partial charge in [0.05, 0.1) is 47.6 Å². The van der Waals surface area contributed by atoms with Crippen LogP contribution in [0.2, 0.25) is 5.02 Å². The van der Waals surface area contributed by atoms with Gasteiger partial charge in [-0.05, 0) is 26.7 Å². The molecule has 1 fully saturated rings. The molecule has 11 nitrogen and oxygen atoms in total. The molecule has 5 rings (SSSR count). The first kappa shape index (κ1) is 22.8. The van der Waals surface area contributed by atoms with Crippen molar-refractivity contribution in [3.05, 3.63) is 35.6 Å². The zero-order valence-corrected chi connectivity index (χ0v) is 19.8. The van der Waals surface area contributed by atoms with E-state index in [2.05, 4.69) is 40.9 Å². The van der Waals surface area contributed by atoms with E-state index in [9.17, 15) is 9.59 Å². The van der Waals surface area contributed by atoms with E-state index in [1.165, 1.54) is 13.3 Å². The number of alkyl carbamates (subject to hydrolysis) is 1. The normalized spacial score (nSPS) is 14.3. The summed E-state index contributed by atoms with van der Waals surface area (Å²) in [6, 6.07) is -0.0235. The number of methoxy groups -OCH3 is 1. The number of halogens is 2. The van der Waals surface area contributed by atoms with Crippen LogP contribution in [-0.4, -0.2) is 55.3 Å². The third-order valence-electron chi connectivity index (χ3n) is 5.77. The first-order valence-corrected chi connectivity index (χ1v) is 11.2. The number of nitrogens with zero attached hydrogens (tertiary/aromatic N) is 4. The van der Waals surface area contributed by atoms with Crippen LogP contribution < -0.4 is 16.0 Å². The summed E-state index contributed by atoms with van der Waals surface area (Å²) in [6.45, 7) is 3.79. The lowest BCUT2D eigenvalue weighted by molar-refractivity contribution is -0.119. The second-order valence-corrected chi connectivity index (χ2v) is 9.03. The minimum atomic E-state index is -1.00. The van der Waals surface area contributed by atoms with Gasteiger partial charge >= 0.3 is 6.09 Å². The Kier molecular flexibility index (Phi) is 5.47. The van der Waals surface area contributed by atoms with Crippen molar-refractivity contribution in [2.24, 2.45) is 0 Å². The Labute approximate surface area is 203 Å². The van der Waals surface area contributed by atoms with Gasteiger partial charge in [0.25, 0.3) is 5.91 Å². The van der Waals surface area contributed by atoms with Gasteiger partial charge in [0.15, 0.2) is 17.3 Å². The molecule has 0 aliphatic heterocycles. The minimum absolute atomic E-state index is 0.0235. The maximum absolute atomic E-state index is 15.2. The molecule has 0 spiro atoms. The Morgan fingerprint density at radius 3 is 2.74 bits per heavy atom. The zero-order valence-electron chi connectivity index (χ0n) is 19.1. The number of carbonyl (C=O) groups is 2. The van der Waals surface area contributed by atoms with Crippen LogP contribution in [0.3, 0.4) is 0 Å². The Morgan fingerprint density at radius 1 is 1.29 bits per heavy atom. The number of carbonyl (C=O) groups excluding carboxylic acids is 2. The number of benzene rings is 1. The molecular formula is C22H22ClFN8O3. The van der Waals surface area contributed by atoms with E-state index in [4.69, 9.17) is 11.6 Å². The van der Waals surface area contributed by atoms with Crippen LogP contribution in [0.4, 0.5) is 20.7 Å². The molecule has 35 heavy (non-hydrogen) atoms. The molecule has 0 unspecified atom stereocenters. The molecule has 3 aromatic heterocycles. The van der Waals surface area contributed by atoms with E-state index in [-0.39, 0.29) is 22.6 Å². The lowest BCUT2D eigenvalue weighted by atomic mass is 10.1. The first-order valence-electron chi connectivity index (χ1n) is 10.9. The van der Waals surface area contributed by atoms with Crippen molar-refractivity contribution in [3.8, 4) is 11.3 Å². The highest BCUT2D eigenvalue weighted by molar-refractivity contribution is 6.35. The number of H-pyrrole nitrogens is 1. The van der Waals surface area contributed by atoms with E-state index in [1.807, 2.05) is 13.8 Å². The van der Waals surface area contributed by atoms with Gasteiger partial charge in [-0.25, -0.2) is 14.2 Å². The zero-order chi connectivity index (χ0) is 24.9. The van der Waals surface area contributed by atoms with Crippen molar-refractivity contribution >= 4 is 51.7 Å². The van der Waals surface area contributed by atoms with Crippen LogP contribution in [0.5, 0.6) is 0 Å². The van der Waals surface area contributed by atoms with Gasteiger partial charge in [-0.15, -0.1) is 0 Å². The average molecular weight is 501 g/mol. The summed E-state index contributed by atoms with van der Waals surface area (Å²) in [5.74, 6) is -0.729. The fourth-order valence-corrected chi connectivity index (χ4v) is 4.19. The van der Waals surface area contributed by atoms with Crippen LogP contribution in [0.25, 0.3) is 27.8 Å². The minimum Gasteiger partial charge on any atom is -0.453 e. The maximum atomic E-state index is 15.2. The number of aromatic amines is 1. The number of hydrogen-bond donors (Lipinski definition) is 4. The predicted octanol–water partition coefficient (Wildman–Crippen LogP) is 3.71. The number of anilines is 2. The number of fused-ring (bicyclic) bond motifs is 2. The molecule has 0 atom stereocenters. The summed E-state index contributed by atoms with van der Waals surface area (Å²) >= 11 is 6.46. The van der Waals surface area contributed by atoms with E-state index in [1.54, 1.807) is 23.0 Å². The van der Waals surface area contributed by atoms with Crippen LogP contribution in [0.1, 0.15) is 26.7 Å². The van der Waals surface area contributed by atoms with Gasteiger partial charge in [-0.1, -0.05) is 11.6 Å². The summed E-state index contributed by atoms with van der Waals surface area (Å²) in [4.78, 5) is 33.0. The second kappa shape index (κ2) is 8.38.